The number of para-hydroxylation sites is 1. The minimum Gasteiger partial charge on any atom is -0.461 e. The van der Waals surface area contributed by atoms with Crippen LogP contribution in [0, 0.1) is 13.8 Å². The van der Waals surface area contributed by atoms with Gasteiger partial charge in [-0.05, 0) is 25.5 Å². The molecule has 1 nitrogen and oxygen atoms in total. The van der Waals surface area contributed by atoms with Gasteiger partial charge in [0.2, 0.25) is 0 Å². The highest BCUT2D eigenvalue weighted by atomic mass is 16.3. The fourth-order valence-corrected chi connectivity index (χ4v) is 1.34. The molecule has 0 aliphatic carbocycles. The van der Waals surface area contributed by atoms with Gasteiger partial charge in [0.15, 0.2) is 0 Å². The summed E-state index contributed by atoms with van der Waals surface area (Å²) in [6.07, 6.45) is 0. The largest absolute Gasteiger partial charge is 0.461 e. The molecule has 1 heterocycles. The summed E-state index contributed by atoms with van der Waals surface area (Å²) in [7, 11) is 0. The van der Waals surface area contributed by atoms with E-state index >= 15 is 0 Å². The fourth-order valence-electron chi connectivity index (χ4n) is 1.34. The van der Waals surface area contributed by atoms with Gasteiger partial charge in [-0.15, -0.1) is 0 Å². The molecule has 2 aromatic rings. The van der Waals surface area contributed by atoms with Gasteiger partial charge in [-0.3, -0.25) is 0 Å². The predicted molar refractivity (Wildman–Crippen MR) is 45.7 cm³/mol. The van der Waals surface area contributed by atoms with E-state index in [1.54, 1.807) is 0 Å². The summed E-state index contributed by atoms with van der Waals surface area (Å²) < 4.78 is 5.50. The molecule has 1 heteroatoms. The molecule has 11 heavy (non-hydrogen) atoms. The van der Waals surface area contributed by atoms with Crippen molar-refractivity contribution in [2.45, 2.75) is 13.8 Å². The zero-order chi connectivity index (χ0) is 7.84. The number of fused-ring (bicyclic) bond motifs is 1. The first-order chi connectivity index (χ1) is 5.27. The van der Waals surface area contributed by atoms with Crippen molar-refractivity contribution in [2.24, 2.45) is 0 Å². The van der Waals surface area contributed by atoms with Gasteiger partial charge in [0.05, 0.1) is 0 Å². The summed E-state index contributed by atoms with van der Waals surface area (Å²) >= 11 is 0. The molecule has 0 bridgehead atoms. The van der Waals surface area contributed by atoms with Crippen LogP contribution in [-0.2, 0) is 0 Å². The highest BCUT2D eigenvalue weighted by molar-refractivity contribution is 5.80. The standard InChI is InChI=1S/C10H10O/c1-7-4-3-5-9-6-8(2)11-10(7)9/h3-6H,1-2H3. The highest BCUT2D eigenvalue weighted by Gasteiger charge is 2.00. The summed E-state index contributed by atoms with van der Waals surface area (Å²) in [4.78, 5) is 0. The highest BCUT2D eigenvalue weighted by Crippen LogP contribution is 2.21. The number of aryl methyl sites for hydroxylation is 2. The Morgan fingerprint density at radius 2 is 2.00 bits per heavy atom. The predicted octanol–water partition coefficient (Wildman–Crippen LogP) is 3.05. The van der Waals surface area contributed by atoms with E-state index < -0.39 is 0 Å². The Morgan fingerprint density at radius 1 is 1.18 bits per heavy atom. The molecule has 0 saturated carbocycles. The lowest BCUT2D eigenvalue weighted by atomic mass is 10.2. The zero-order valence-electron chi connectivity index (χ0n) is 6.72. The van der Waals surface area contributed by atoms with Crippen molar-refractivity contribution in [3.63, 3.8) is 0 Å². The van der Waals surface area contributed by atoms with Crippen molar-refractivity contribution in [1.82, 2.24) is 0 Å². The van der Waals surface area contributed by atoms with E-state index in [9.17, 15) is 0 Å². The molecule has 0 unspecified atom stereocenters. The maximum Gasteiger partial charge on any atom is 0.137 e. The van der Waals surface area contributed by atoms with Crippen LogP contribution in [0.5, 0.6) is 0 Å². The van der Waals surface area contributed by atoms with E-state index in [1.165, 1.54) is 10.9 Å². The van der Waals surface area contributed by atoms with Crippen molar-refractivity contribution in [2.75, 3.05) is 0 Å². The monoisotopic (exact) mass is 146 g/mol. The Morgan fingerprint density at radius 3 is 2.73 bits per heavy atom. The molecule has 0 spiro atoms. The van der Waals surface area contributed by atoms with Crippen LogP contribution in [0.2, 0.25) is 0 Å². The molecule has 0 aliphatic heterocycles. The van der Waals surface area contributed by atoms with Crippen molar-refractivity contribution in [3.8, 4) is 0 Å². The lowest BCUT2D eigenvalue weighted by Crippen LogP contribution is -1.69. The second kappa shape index (κ2) is 2.12. The number of rotatable bonds is 0. The van der Waals surface area contributed by atoms with Crippen LogP contribution in [0.4, 0.5) is 0 Å². The second-order valence-electron chi connectivity index (χ2n) is 2.85. The Balaban J connectivity index is 2.90. The Hall–Kier alpha value is -1.24. The summed E-state index contributed by atoms with van der Waals surface area (Å²) in [5.41, 5.74) is 2.22. The van der Waals surface area contributed by atoms with Gasteiger partial charge in [0, 0.05) is 5.39 Å². The Bertz CT molecular complexity index is 385. The summed E-state index contributed by atoms with van der Waals surface area (Å²) in [6, 6.07) is 8.24. The minimum absolute atomic E-state index is 0.981. The van der Waals surface area contributed by atoms with Gasteiger partial charge in [0.1, 0.15) is 11.3 Å². The van der Waals surface area contributed by atoms with Gasteiger partial charge < -0.3 is 4.42 Å². The van der Waals surface area contributed by atoms with Crippen LogP contribution >= 0.6 is 0 Å². The third-order valence-corrected chi connectivity index (χ3v) is 1.86. The maximum absolute atomic E-state index is 5.50. The first kappa shape index (κ1) is 6.47. The van der Waals surface area contributed by atoms with Crippen LogP contribution in [-0.4, -0.2) is 0 Å². The number of hydrogen-bond acceptors (Lipinski definition) is 1. The normalized spacial score (nSPS) is 10.7. The van der Waals surface area contributed by atoms with E-state index in [2.05, 4.69) is 25.1 Å². The quantitative estimate of drug-likeness (QED) is 0.556. The molecule has 56 valence electrons. The molecule has 0 atom stereocenters. The van der Waals surface area contributed by atoms with Crippen LogP contribution < -0.4 is 0 Å². The zero-order valence-corrected chi connectivity index (χ0v) is 6.72. The molecule has 0 amide bonds. The molecule has 0 radical (unpaired) electrons. The first-order valence-corrected chi connectivity index (χ1v) is 3.73. The van der Waals surface area contributed by atoms with Crippen LogP contribution in [0.15, 0.2) is 28.7 Å². The van der Waals surface area contributed by atoms with Gasteiger partial charge >= 0.3 is 0 Å². The van der Waals surface area contributed by atoms with Gasteiger partial charge in [-0.25, -0.2) is 0 Å². The third kappa shape index (κ3) is 0.929. The van der Waals surface area contributed by atoms with E-state index in [4.69, 9.17) is 4.42 Å². The Labute approximate surface area is 65.6 Å². The molecule has 0 saturated heterocycles. The van der Waals surface area contributed by atoms with Crippen molar-refractivity contribution < 1.29 is 4.42 Å². The van der Waals surface area contributed by atoms with Crippen LogP contribution in [0.3, 0.4) is 0 Å². The Kier molecular flexibility index (Phi) is 1.25. The first-order valence-electron chi connectivity index (χ1n) is 3.73. The molecular weight excluding hydrogens is 136 g/mol. The molecular formula is C10H10O. The average molecular weight is 146 g/mol. The van der Waals surface area contributed by atoms with Crippen LogP contribution in [0.1, 0.15) is 11.3 Å². The topological polar surface area (TPSA) is 13.1 Å². The number of benzene rings is 1. The molecule has 2 rings (SSSR count). The lowest BCUT2D eigenvalue weighted by Gasteiger charge is -1.90. The van der Waals surface area contributed by atoms with E-state index in [0.29, 0.717) is 0 Å². The van der Waals surface area contributed by atoms with Crippen molar-refractivity contribution in [1.29, 1.82) is 0 Å². The van der Waals surface area contributed by atoms with E-state index in [1.807, 2.05) is 13.0 Å². The average Bonchev–Trinajstić information content (AvgIpc) is 2.31. The van der Waals surface area contributed by atoms with Crippen LogP contribution in [0.25, 0.3) is 11.0 Å². The third-order valence-electron chi connectivity index (χ3n) is 1.86. The van der Waals surface area contributed by atoms with Crippen molar-refractivity contribution in [3.05, 3.63) is 35.6 Å². The van der Waals surface area contributed by atoms with E-state index in [0.717, 1.165) is 11.3 Å². The number of hydrogen-bond donors (Lipinski definition) is 0. The maximum atomic E-state index is 5.50. The van der Waals surface area contributed by atoms with E-state index in [-0.39, 0.29) is 0 Å². The second-order valence-corrected chi connectivity index (χ2v) is 2.85. The van der Waals surface area contributed by atoms with Gasteiger partial charge in [-0.1, -0.05) is 18.2 Å². The number of furan rings is 1. The smallest absolute Gasteiger partial charge is 0.137 e. The van der Waals surface area contributed by atoms with Gasteiger partial charge in [-0.2, -0.15) is 0 Å². The SMILES string of the molecule is Cc1cc2cccc(C)c2o1. The summed E-state index contributed by atoms with van der Waals surface area (Å²) in [5, 5.41) is 1.20. The lowest BCUT2D eigenvalue weighted by molar-refractivity contribution is 0.576. The van der Waals surface area contributed by atoms with Crippen molar-refractivity contribution >= 4 is 11.0 Å². The molecule has 1 aromatic heterocycles. The summed E-state index contributed by atoms with van der Waals surface area (Å²) in [5.74, 6) is 0.981. The minimum atomic E-state index is 0.981. The molecule has 0 N–H and O–H groups in total. The van der Waals surface area contributed by atoms with Gasteiger partial charge in [0.25, 0.3) is 0 Å². The molecule has 0 aliphatic rings. The fraction of sp³-hybridized carbons (Fsp3) is 0.200. The molecule has 0 fully saturated rings. The summed E-state index contributed by atoms with van der Waals surface area (Å²) in [6.45, 7) is 4.03. The molecule has 1 aromatic carbocycles.